The second-order valence-corrected chi connectivity index (χ2v) is 8.15. The Morgan fingerprint density at radius 2 is 1.92 bits per heavy atom. The van der Waals surface area contributed by atoms with Crippen molar-refractivity contribution in [2.45, 2.75) is 43.5 Å². The standard InChI is InChI=1S/C17H24N2O5S/c1-12-15(17(21)22)4-3-11-19(12)16(20)10-7-13-5-8-14(9-6-13)25(23,24)18-2/h5-6,8-9,12,15,18H,3-4,7,10-11H2,1-2H3,(H,21,22)/t12-,15-/m0/s1. The van der Waals surface area contributed by atoms with E-state index < -0.39 is 21.9 Å². The van der Waals surface area contributed by atoms with Crippen LogP contribution < -0.4 is 4.72 Å². The Balaban J connectivity index is 1.97. The van der Waals surface area contributed by atoms with Crippen molar-refractivity contribution in [2.75, 3.05) is 13.6 Å². The molecule has 1 fully saturated rings. The number of nitrogens with one attached hydrogen (secondary N) is 1. The van der Waals surface area contributed by atoms with Crippen molar-refractivity contribution in [1.82, 2.24) is 9.62 Å². The first-order chi connectivity index (χ1) is 11.8. The van der Waals surface area contributed by atoms with Gasteiger partial charge in [-0.1, -0.05) is 12.1 Å². The average Bonchev–Trinajstić information content (AvgIpc) is 2.60. The molecule has 2 atom stereocenters. The van der Waals surface area contributed by atoms with Gasteiger partial charge in [0, 0.05) is 19.0 Å². The number of nitrogens with zero attached hydrogens (tertiary/aromatic N) is 1. The van der Waals surface area contributed by atoms with E-state index in [0.717, 1.165) is 5.56 Å². The van der Waals surface area contributed by atoms with Gasteiger partial charge in [-0.05, 0) is 50.9 Å². The van der Waals surface area contributed by atoms with E-state index in [1.165, 1.54) is 19.2 Å². The Labute approximate surface area is 148 Å². The predicted molar refractivity (Wildman–Crippen MR) is 92.5 cm³/mol. The lowest BCUT2D eigenvalue weighted by molar-refractivity contribution is -0.149. The van der Waals surface area contributed by atoms with Crippen molar-refractivity contribution in [3.8, 4) is 0 Å². The molecular formula is C17H24N2O5S. The lowest BCUT2D eigenvalue weighted by Gasteiger charge is -2.37. The molecule has 138 valence electrons. The summed E-state index contributed by atoms with van der Waals surface area (Å²) in [5.41, 5.74) is 0.864. The molecule has 1 amide bonds. The highest BCUT2D eigenvalue weighted by Gasteiger charge is 2.34. The first-order valence-electron chi connectivity index (χ1n) is 8.31. The molecule has 0 spiro atoms. The first-order valence-corrected chi connectivity index (χ1v) is 9.79. The van der Waals surface area contributed by atoms with Gasteiger partial charge in [0.25, 0.3) is 0 Å². The molecule has 0 aromatic heterocycles. The molecule has 1 saturated heterocycles. The van der Waals surface area contributed by atoms with Crippen molar-refractivity contribution in [3.05, 3.63) is 29.8 Å². The third kappa shape index (κ3) is 4.58. The van der Waals surface area contributed by atoms with Crippen LogP contribution >= 0.6 is 0 Å². The van der Waals surface area contributed by atoms with Gasteiger partial charge in [-0.15, -0.1) is 0 Å². The fourth-order valence-corrected chi connectivity index (χ4v) is 3.90. The number of hydrogen-bond acceptors (Lipinski definition) is 4. The molecule has 7 nitrogen and oxygen atoms in total. The summed E-state index contributed by atoms with van der Waals surface area (Å²) in [6, 6.07) is 6.10. The van der Waals surface area contributed by atoms with Crippen LogP contribution in [0.15, 0.2) is 29.2 Å². The molecule has 1 aromatic carbocycles. The maximum Gasteiger partial charge on any atom is 0.308 e. The second-order valence-electron chi connectivity index (χ2n) is 6.27. The monoisotopic (exact) mass is 368 g/mol. The predicted octanol–water partition coefficient (Wildman–Crippen LogP) is 1.24. The van der Waals surface area contributed by atoms with Crippen molar-refractivity contribution < 1.29 is 23.1 Å². The van der Waals surface area contributed by atoms with Crippen LogP contribution in [-0.4, -0.2) is 49.9 Å². The van der Waals surface area contributed by atoms with Crippen LogP contribution in [0.25, 0.3) is 0 Å². The number of aliphatic carboxylic acids is 1. The highest BCUT2D eigenvalue weighted by molar-refractivity contribution is 7.89. The number of carbonyl (C=O) groups is 2. The first kappa shape index (κ1) is 19.4. The number of likely N-dealkylation sites (tertiary alicyclic amines) is 1. The van der Waals surface area contributed by atoms with Gasteiger partial charge in [-0.3, -0.25) is 9.59 Å². The Bertz CT molecular complexity index is 730. The molecule has 1 aliphatic heterocycles. The number of hydrogen-bond donors (Lipinski definition) is 2. The molecule has 0 radical (unpaired) electrons. The van der Waals surface area contributed by atoms with Crippen LogP contribution in [-0.2, 0) is 26.0 Å². The topological polar surface area (TPSA) is 104 Å². The number of benzene rings is 1. The Kier molecular flexibility index (Phi) is 6.18. The third-order valence-corrected chi connectivity index (χ3v) is 6.19. The highest BCUT2D eigenvalue weighted by Crippen LogP contribution is 2.24. The zero-order valence-electron chi connectivity index (χ0n) is 14.4. The van der Waals surface area contributed by atoms with E-state index in [-0.39, 0.29) is 23.3 Å². The van der Waals surface area contributed by atoms with E-state index in [4.69, 9.17) is 0 Å². The molecular weight excluding hydrogens is 344 g/mol. The van der Waals surface area contributed by atoms with Crippen molar-refractivity contribution >= 4 is 21.9 Å². The van der Waals surface area contributed by atoms with E-state index in [1.807, 2.05) is 0 Å². The van der Waals surface area contributed by atoms with E-state index in [0.29, 0.717) is 25.8 Å². The zero-order valence-corrected chi connectivity index (χ0v) is 15.3. The van der Waals surface area contributed by atoms with Crippen LogP contribution in [0, 0.1) is 5.92 Å². The lowest BCUT2D eigenvalue weighted by atomic mass is 9.90. The minimum atomic E-state index is -3.47. The highest BCUT2D eigenvalue weighted by atomic mass is 32.2. The number of sulfonamides is 1. The molecule has 0 saturated carbocycles. The van der Waals surface area contributed by atoms with Gasteiger partial charge in [0.1, 0.15) is 0 Å². The maximum absolute atomic E-state index is 12.4. The Morgan fingerprint density at radius 1 is 1.28 bits per heavy atom. The van der Waals surface area contributed by atoms with Gasteiger partial charge in [-0.25, -0.2) is 13.1 Å². The molecule has 0 unspecified atom stereocenters. The van der Waals surface area contributed by atoms with Crippen molar-refractivity contribution in [3.63, 3.8) is 0 Å². The number of aryl methyl sites for hydroxylation is 1. The fourth-order valence-electron chi connectivity index (χ4n) is 3.17. The number of rotatable bonds is 6. The molecule has 1 heterocycles. The van der Waals surface area contributed by atoms with Gasteiger partial charge in [-0.2, -0.15) is 0 Å². The van der Waals surface area contributed by atoms with Gasteiger partial charge in [0.05, 0.1) is 10.8 Å². The smallest absolute Gasteiger partial charge is 0.308 e. The normalized spacial score (nSPS) is 21.1. The van der Waals surface area contributed by atoms with E-state index in [9.17, 15) is 23.1 Å². The largest absolute Gasteiger partial charge is 0.481 e. The summed E-state index contributed by atoms with van der Waals surface area (Å²) in [6.45, 7) is 2.37. The molecule has 8 heteroatoms. The van der Waals surface area contributed by atoms with E-state index in [1.54, 1.807) is 24.0 Å². The van der Waals surface area contributed by atoms with Crippen molar-refractivity contribution in [2.24, 2.45) is 5.92 Å². The van der Waals surface area contributed by atoms with E-state index in [2.05, 4.69) is 4.72 Å². The quantitative estimate of drug-likeness (QED) is 0.786. The van der Waals surface area contributed by atoms with Gasteiger partial charge >= 0.3 is 5.97 Å². The fraction of sp³-hybridized carbons (Fsp3) is 0.529. The summed E-state index contributed by atoms with van der Waals surface area (Å²) < 4.78 is 25.6. The molecule has 0 bridgehead atoms. The number of piperidine rings is 1. The zero-order chi connectivity index (χ0) is 18.6. The minimum absolute atomic E-state index is 0.0645. The van der Waals surface area contributed by atoms with Crippen LogP contribution in [0.2, 0.25) is 0 Å². The lowest BCUT2D eigenvalue weighted by Crippen LogP contribution is -2.49. The minimum Gasteiger partial charge on any atom is -0.481 e. The molecule has 2 N–H and O–H groups in total. The molecule has 1 aromatic rings. The summed E-state index contributed by atoms with van der Waals surface area (Å²) >= 11 is 0. The number of carboxylic acid groups (broad SMARTS) is 1. The van der Waals surface area contributed by atoms with Crippen LogP contribution in [0.5, 0.6) is 0 Å². The molecule has 0 aliphatic carbocycles. The molecule has 2 rings (SSSR count). The van der Waals surface area contributed by atoms with Gasteiger partial charge < -0.3 is 10.0 Å². The summed E-state index contributed by atoms with van der Waals surface area (Å²) in [6.07, 6.45) is 2.06. The Morgan fingerprint density at radius 3 is 2.48 bits per heavy atom. The summed E-state index contributed by atoms with van der Waals surface area (Å²) in [5.74, 6) is -1.43. The summed E-state index contributed by atoms with van der Waals surface area (Å²) in [4.78, 5) is 25.5. The average molecular weight is 368 g/mol. The van der Waals surface area contributed by atoms with Crippen molar-refractivity contribution in [1.29, 1.82) is 0 Å². The van der Waals surface area contributed by atoms with Crippen LogP contribution in [0.4, 0.5) is 0 Å². The number of amides is 1. The van der Waals surface area contributed by atoms with E-state index >= 15 is 0 Å². The van der Waals surface area contributed by atoms with Gasteiger partial charge in [0.15, 0.2) is 0 Å². The molecule has 1 aliphatic rings. The number of carboxylic acids is 1. The Hall–Kier alpha value is -1.93. The SMILES string of the molecule is CNS(=O)(=O)c1ccc(CCC(=O)N2CCC[C@H](C(=O)O)[C@@H]2C)cc1. The summed E-state index contributed by atoms with van der Waals surface area (Å²) in [5, 5.41) is 9.24. The number of carbonyl (C=O) groups excluding carboxylic acids is 1. The van der Waals surface area contributed by atoms with Crippen LogP contribution in [0.3, 0.4) is 0 Å². The third-order valence-electron chi connectivity index (χ3n) is 4.76. The second kappa shape index (κ2) is 7.97. The maximum atomic E-state index is 12.4. The van der Waals surface area contributed by atoms with Crippen LogP contribution in [0.1, 0.15) is 31.7 Å². The molecule has 25 heavy (non-hydrogen) atoms. The van der Waals surface area contributed by atoms with Gasteiger partial charge in [0.2, 0.25) is 15.9 Å². The summed E-state index contributed by atoms with van der Waals surface area (Å²) in [7, 11) is -2.11.